The Morgan fingerprint density at radius 2 is 1.54 bits per heavy atom. The lowest BCUT2D eigenvalue weighted by atomic mass is 9.93. The van der Waals surface area contributed by atoms with E-state index in [1.54, 1.807) is 0 Å². The Morgan fingerprint density at radius 3 is 2.33 bits per heavy atom. The molecule has 1 aromatic heterocycles. The van der Waals surface area contributed by atoms with Gasteiger partial charge in [-0.1, -0.05) is 71.7 Å². The minimum Gasteiger partial charge on any atom is -0.337 e. The summed E-state index contributed by atoms with van der Waals surface area (Å²) in [7, 11) is 0. The van der Waals surface area contributed by atoms with Crippen LogP contribution in [0.1, 0.15) is 22.9 Å². The zero-order chi connectivity index (χ0) is 26.5. The fourth-order valence-electron chi connectivity index (χ4n) is 5.21. The number of nitrogens with one attached hydrogen (secondary N) is 1. The van der Waals surface area contributed by atoms with Crippen LogP contribution in [0.3, 0.4) is 0 Å². The highest BCUT2D eigenvalue weighted by molar-refractivity contribution is 6.51. The first-order valence-electron chi connectivity index (χ1n) is 12.6. The normalized spacial score (nSPS) is 15.6. The second-order valence-corrected chi connectivity index (χ2v) is 10.3. The Bertz CT molecular complexity index is 1770. The minimum absolute atomic E-state index is 0.213. The van der Waals surface area contributed by atoms with E-state index in [0.29, 0.717) is 21.7 Å². The van der Waals surface area contributed by atoms with Gasteiger partial charge in [0.25, 0.3) is 0 Å². The third-order valence-electron chi connectivity index (χ3n) is 6.91. The minimum atomic E-state index is -0.213. The molecule has 0 spiro atoms. The van der Waals surface area contributed by atoms with Crippen molar-refractivity contribution in [3.63, 3.8) is 0 Å². The van der Waals surface area contributed by atoms with Crippen LogP contribution in [0.25, 0.3) is 5.69 Å². The highest BCUT2D eigenvalue weighted by Gasteiger charge is 2.41. The molecule has 0 unspecified atom stereocenters. The van der Waals surface area contributed by atoms with Crippen LogP contribution in [0.2, 0.25) is 10.0 Å². The number of aliphatic imine (C=N–C) groups is 2. The topological polar surface area (TPSA) is 57.8 Å². The van der Waals surface area contributed by atoms with E-state index in [2.05, 4.69) is 28.4 Å². The summed E-state index contributed by atoms with van der Waals surface area (Å²) in [5.41, 5.74) is 6.57. The molecule has 5 aromatic rings. The predicted molar refractivity (Wildman–Crippen MR) is 160 cm³/mol. The number of anilines is 2. The van der Waals surface area contributed by atoms with Gasteiger partial charge in [-0.25, -0.2) is 14.7 Å². The molecule has 3 heterocycles. The summed E-state index contributed by atoms with van der Waals surface area (Å²) in [4.78, 5) is 12.5. The van der Waals surface area contributed by atoms with Crippen LogP contribution in [0.15, 0.2) is 113 Å². The van der Waals surface area contributed by atoms with Crippen LogP contribution < -0.4 is 10.2 Å². The standard InChI is InChI=1S/C31H22Cl2N6/c1-19-27-28(20-14-16-21(32)17-15-20)38-26-13-6-5-12-25(26)35-29(34-23-9-7-8-22(33)18-23)31(38)36-30(27)39(37-19)24-10-3-2-4-11-24/h2-18,28H,1H3,(H,34,35)/t28-/m0/s1. The summed E-state index contributed by atoms with van der Waals surface area (Å²) in [5.74, 6) is 2.09. The molecule has 8 heteroatoms. The Balaban J connectivity index is 1.50. The van der Waals surface area contributed by atoms with E-state index in [9.17, 15) is 0 Å². The van der Waals surface area contributed by atoms with Crippen LogP contribution in [-0.4, -0.2) is 21.5 Å². The van der Waals surface area contributed by atoms with E-state index in [1.165, 1.54) is 0 Å². The third-order valence-corrected chi connectivity index (χ3v) is 7.40. The Kier molecular flexibility index (Phi) is 5.72. The molecular weight excluding hydrogens is 527 g/mol. The van der Waals surface area contributed by atoms with Crippen LogP contribution >= 0.6 is 23.2 Å². The molecule has 1 N–H and O–H groups in total. The zero-order valence-corrected chi connectivity index (χ0v) is 22.4. The van der Waals surface area contributed by atoms with Crippen molar-refractivity contribution in [2.75, 3.05) is 10.2 Å². The SMILES string of the molecule is Cc1nn(-c2ccccc2)c2c1[C@H](c1ccc(Cl)cc1)N1C(=N2)C(Nc2cccc(Cl)c2)=Nc2ccccc21. The van der Waals surface area contributed by atoms with Crippen LogP contribution in [0.5, 0.6) is 0 Å². The van der Waals surface area contributed by atoms with Crippen molar-refractivity contribution < 1.29 is 0 Å². The van der Waals surface area contributed by atoms with Crippen molar-refractivity contribution in [3.05, 3.63) is 130 Å². The second-order valence-electron chi connectivity index (χ2n) is 9.41. The van der Waals surface area contributed by atoms with Gasteiger partial charge in [-0.2, -0.15) is 5.10 Å². The van der Waals surface area contributed by atoms with Gasteiger partial charge >= 0.3 is 0 Å². The van der Waals surface area contributed by atoms with Gasteiger partial charge in [-0.05, 0) is 67.1 Å². The predicted octanol–water partition coefficient (Wildman–Crippen LogP) is 8.28. The van der Waals surface area contributed by atoms with Gasteiger partial charge in [-0.15, -0.1) is 0 Å². The van der Waals surface area contributed by atoms with Gasteiger partial charge in [0.2, 0.25) is 0 Å². The van der Waals surface area contributed by atoms with E-state index in [-0.39, 0.29) is 6.04 Å². The number of hydrogen-bond acceptors (Lipinski definition) is 5. The number of aromatic nitrogens is 2. The largest absolute Gasteiger partial charge is 0.337 e. The summed E-state index contributed by atoms with van der Waals surface area (Å²) < 4.78 is 1.91. The van der Waals surface area contributed by atoms with Gasteiger partial charge in [0.15, 0.2) is 17.5 Å². The molecule has 39 heavy (non-hydrogen) atoms. The van der Waals surface area contributed by atoms with Gasteiger partial charge in [-0.3, -0.25) is 0 Å². The van der Waals surface area contributed by atoms with Crippen molar-refractivity contribution >= 4 is 57.8 Å². The molecule has 0 saturated carbocycles. The maximum Gasteiger partial charge on any atom is 0.179 e. The fraction of sp³-hybridized carbons (Fsp3) is 0.0645. The molecule has 2 aliphatic heterocycles. The fourth-order valence-corrected chi connectivity index (χ4v) is 5.53. The van der Waals surface area contributed by atoms with Gasteiger partial charge in [0.05, 0.1) is 28.8 Å². The first-order chi connectivity index (χ1) is 19.1. The number of benzene rings is 4. The van der Waals surface area contributed by atoms with Gasteiger partial charge in [0.1, 0.15) is 0 Å². The maximum atomic E-state index is 6.32. The number of hydrogen-bond donors (Lipinski definition) is 1. The molecule has 0 fully saturated rings. The number of para-hydroxylation sites is 3. The summed E-state index contributed by atoms with van der Waals surface area (Å²) in [6, 6.07) is 33.5. The van der Waals surface area contributed by atoms with E-state index in [4.69, 9.17) is 38.3 Å². The molecule has 2 aliphatic rings. The summed E-state index contributed by atoms with van der Waals surface area (Å²) in [5, 5.41) is 9.77. The second kappa shape index (κ2) is 9.42. The zero-order valence-electron chi connectivity index (χ0n) is 20.9. The molecule has 6 nitrogen and oxygen atoms in total. The van der Waals surface area contributed by atoms with Crippen molar-refractivity contribution in [1.29, 1.82) is 0 Å². The summed E-state index contributed by atoms with van der Waals surface area (Å²) in [6.45, 7) is 2.04. The summed E-state index contributed by atoms with van der Waals surface area (Å²) in [6.07, 6.45) is 0. The lowest BCUT2D eigenvalue weighted by Crippen LogP contribution is -2.46. The number of fused-ring (bicyclic) bond motifs is 4. The molecule has 0 bridgehead atoms. The maximum absolute atomic E-state index is 6.32. The molecule has 0 aliphatic carbocycles. The highest BCUT2D eigenvalue weighted by Crippen LogP contribution is 2.48. The number of rotatable bonds is 3. The van der Waals surface area contributed by atoms with E-state index < -0.39 is 0 Å². The van der Waals surface area contributed by atoms with Crippen LogP contribution in [0, 0.1) is 6.92 Å². The van der Waals surface area contributed by atoms with Gasteiger partial charge in [0, 0.05) is 21.3 Å². The highest BCUT2D eigenvalue weighted by atomic mass is 35.5. The molecule has 190 valence electrons. The molecule has 0 amide bonds. The van der Waals surface area contributed by atoms with Gasteiger partial charge < -0.3 is 10.2 Å². The Morgan fingerprint density at radius 1 is 0.769 bits per heavy atom. The van der Waals surface area contributed by atoms with E-state index in [0.717, 1.165) is 45.4 Å². The van der Waals surface area contributed by atoms with E-state index in [1.807, 2.05) is 96.5 Å². The number of halogens is 2. The van der Waals surface area contributed by atoms with Crippen molar-refractivity contribution in [3.8, 4) is 5.69 Å². The Labute approximate surface area is 235 Å². The molecule has 7 rings (SSSR count). The van der Waals surface area contributed by atoms with Crippen molar-refractivity contribution in [2.45, 2.75) is 13.0 Å². The first-order valence-corrected chi connectivity index (χ1v) is 13.3. The molecule has 4 aromatic carbocycles. The van der Waals surface area contributed by atoms with Crippen LogP contribution in [0.4, 0.5) is 22.9 Å². The quantitative estimate of drug-likeness (QED) is 0.246. The average molecular weight is 549 g/mol. The van der Waals surface area contributed by atoms with Crippen LogP contribution in [-0.2, 0) is 0 Å². The third kappa shape index (κ3) is 4.09. The van der Waals surface area contributed by atoms with Crippen molar-refractivity contribution in [1.82, 2.24) is 9.78 Å². The lowest BCUT2D eigenvalue weighted by Gasteiger charge is -2.40. The number of aryl methyl sites for hydroxylation is 1. The molecule has 1 atom stereocenters. The molecular formula is C31H22Cl2N6. The Hall–Kier alpha value is -4.39. The van der Waals surface area contributed by atoms with E-state index >= 15 is 0 Å². The number of nitrogens with zero attached hydrogens (tertiary/aromatic N) is 5. The molecule has 0 radical (unpaired) electrons. The monoisotopic (exact) mass is 548 g/mol. The number of amidine groups is 2. The molecule has 0 saturated heterocycles. The smallest absolute Gasteiger partial charge is 0.179 e. The van der Waals surface area contributed by atoms with Crippen molar-refractivity contribution in [2.24, 2.45) is 9.98 Å². The first kappa shape index (κ1) is 23.7. The average Bonchev–Trinajstić information content (AvgIpc) is 3.29. The lowest BCUT2D eigenvalue weighted by molar-refractivity contribution is 0.815. The summed E-state index contributed by atoms with van der Waals surface area (Å²) >= 11 is 12.6.